The lowest BCUT2D eigenvalue weighted by atomic mass is 9.80. The van der Waals surface area contributed by atoms with E-state index in [4.69, 9.17) is 4.74 Å². The summed E-state index contributed by atoms with van der Waals surface area (Å²) < 4.78 is 29.8. The molecule has 1 aliphatic rings. The predicted octanol–water partition coefficient (Wildman–Crippen LogP) is 0.377. The molecule has 0 aromatic heterocycles. The number of piperidine rings is 1. The van der Waals surface area contributed by atoms with Gasteiger partial charge in [-0.2, -0.15) is 0 Å². The lowest BCUT2D eigenvalue weighted by Crippen LogP contribution is -2.51. The van der Waals surface area contributed by atoms with E-state index >= 15 is 0 Å². The summed E-state index contributed by atoms with van der Waals surface area (Å²) in [7, 11) is 1.67. The number of hydrogen-bond donors (Lipinski definition) is 1. The minimum atomic E-state index is -3.11. The van der Waals surface area contributed by atoms with Crippen molar-refractivity contribution in [1.82, 2.24) is 9.21 Å². The van der Waals surface area contributed by atoms with Crippen molar-refractivity contribution in [3.05, 3.63) is 0 Å². The standard InChI is InChI=1S/C14H30N2O4S/c1-13-12-16(8-5-11-21(18,19)15(2)3)9-6-14(13,17)7-10-20-4/h13,17H,5-12H2,1-4H3/t13-,14-/m1/s1. The number of nitrogens with zero attached hydrogens (tertiary/aromatic N) is 2. The molecule has 1 fully saturated rings. The highest BCUT2D eigenvalue weighted by Gasteiger charge is 2.38. The Morgan fingerprint density at radius 2 is 2.10 bits per heavy atom. The molecule has 0 aromatic carbocycles. The van der Waals surface area contributed by atoms with Gasteiger partial charge in [-0.1, -0.05) is 6.92 Å². The molecule has 1 aliphatic heterocycles. The summed E-state index contributed by atoms with van der Waals surface area (Å²) in [5, 5.41) is 10.6. The first-order valence-electron chi connectivity index (χ1n) is 7.55. The molecule has 0 radical (unpaired) electrons. The molecule has 0 bridgehead atoms. The maximum Gasteiger partial charge on any atom is 0.213 e. The Bertz CT molecular complexity index is 413. The number of methoxy groups -OCH3 is 1. The summed E-state index contributed by atoms with van der Waals surface area (Å²) in [6.45, 7) is 5.01. The van der Waals surface area contributed by atoms with Gasteiger partial charge in [0.25, 0.3) is 0 Å². The van der Waals surface area contributed by atoms with E-state index in [1.54, 1.807) is 21.2 Å². The molecule has 1 rings (SSSR count). The Morgan fingerprint density at radius 3 is 2.62 bits per heavy atom. The highest BCUT2D eigenvalue weighted by Crippen LogP contribution is 2.30. The molecule has 0 unspecified atom stereocenters. The lowest BCUT2D eigenvalue weighted by molar-refractivity contribution is -0.0810. The summed E-state index contributed by atoms with van der Waals surface area (Å²) in [6.07, 6.45) is 2.01. The first-order valence-corrected chi connectivity index (χ1v) is 9.16. The number of aliphatic hydroxyl groups is 1. The highest BCUT2D eigenvalue weighted by molar-refractivity contribution is 7.89. The smallest absolute Gasteiger partial charge is 0.213 e. The monoisotopic (exact) mass is 322 g/mol. The van der Waals surface area contributed by atoms with Gasteiger partial charge in [-0.15, -0.1) is 0 Å². The molecule has 0 aliphatic carbocycles. The second kappa shape index (κ2) is 7.87. The third kappa shape index (κ3) is 5.49. The molecule has 0 aromatic rings. The van der Waals surface area contributed by atoms with Crippen molar-refractivity contribution in [3.63, 3.8) is 0 Å². The van der Waals surface area contributed by atoms with Crippen LogP contribution in [0.1, 0.15) is 26.2 Å². The number of rotatable bonds is 8. The molecule has 1 N–H and O–H groups in total. The van der Waals surface area contributed by atoms with Crippen LogP contribution in [0.5, 0.6) is 0 Å². The van der Waals surface area contributed by atoms with Gasteiger partial charge in [0.05, 0.1) is 11.4 Å². The highest BCUT2D eigenvalue weighted by atomic mass is 32.2. The molecule has 0 spiro atoms. The van der Waals surface area contributed by atoms with Gasteiger partial charge in [0.15, 0.2) is 0 Å². The maximum absolute atomic E-state index is 11.7. The molecule has 7 heteroatoms. The SMILES string of the molecule is COCC[C@]1(O)CCN(CCCS(=O)(=O)N(C)C)C[C@H]1C. The summed E-state index contributed by atoms with van der Waals surface area (Å²) in [5.74, 6) is 0.352. The average Bonchev–Trinajstić information content (AvgIpc) is 2.40. The van der Waals surface area contributed by atoms with Crippen LogP contribution in [0.25, 0.3) is 0 Å². The zero-order valence-electron chi connectivity index (χ0n) is 13.7. The summed E-state index contributed by atoms with van der Waals surface area (Å²) in [5.41, 5.74) is -0.651. The Morgan fingerprint density at radius 1 is 1.43 bits per heavy atom. The van der Waals surface area contributed by atoms with Crippen LogP contribution in [0.15, 0.2) is 0 Å². The summed E-state index contributed by atoms with van der Waals surface area (Å²) in [6, 6.07) is 0. The molecular weight excluding hydrogens is 292 g/mol. The van der Waals surface area contributed by atoms with Crippen LogP contribution < -0.4 is 0 Å². The molecule has 2 atom stereocenters. The fraction of sp³-hybridized carbons (Fsp3) is 1.00. The van der Waals surface area contributed by atoms with Crippen LogP contribution in [0.2, 0.25) is 0 Å². The molecule has 0 saturated carbocycles. The van der Waals surface area contributed by atoms with Crippen LogP contribution in [-0.4, -0.2) is 81.5 Å². The largest absolute Gasteiger partial charge is 0.389 e. The molecule has 1 heterocycles. The fourth-order valence-electron chi connectivity index (χ4n) is 2.75. The van der Waals surface area contributed by atoms with E-state index in [2.05, 4.69) is 11.8 Å². The van der Waals surface area contributed by atoms with Gasteiger partial charge in [-0.25, -0.2) is 12.7 Å². The zero-order valence-corrected chi connectivity index (χ0v) is 14.5. The minimum absolute atomic E-state index is 0.173. The lowest BCUT2D eigenvalue weighted by Gasteiger charge is -2.43. The molecule has 21 heavy (non-hydrogen) atoms. The van der Waals surface area contributed by atoms with Gasteiger partial charge in [-0.05, 0) is 31.7 Å². The topological polar surface area (TPSA) is 70.1 Å². The number of sulfonamides is 1. The van der Waals surface area contributed by atoms with Crippen LogP contribution in [0, 0.1) is 5.92 Å². The first kappa shape index (κ1) is 18.8. The Labute approximate surface area is 129 Å². The van der Waals surface area contributed by atoms with Gasteiger partial charge in [0.1, 0.15) is 0 Å². The van der Waals surface area contributed by atoms with Crippen molar-refractivity contribution >= 4 is 10.0 Å². The van der Waals surface area contributed by atoms with E-state index in [0.29, 0.717) is 19.4 Å². The van der Waals surface area contributed by atoms with E-state index in [1.807, 2.05) is 0 Å². The maximum atomic E-state index is 11.7. The quantitative estimate of drug-likeness (QED) is 0.699. The minimum Gasteiger partial charge on any atom is -0.389 e. The first-order chi connectivity index (χ1) is 9.71. The van der Waals surface area contributed by atoms with E-state index in [9.17, 15) is 13.5 Å². The van der Waals surface area contributed by atoms with Crippen LogP contribution >= 0.6 is 0 Å². The van der Waals surface area contributed by atoms with E-state index in [0.717, 1.165) is 26.1 Å². The van der Waals surface area contributed by atoms with Crippen LogP contribution in [0.4, 0.5) is 0 Å². The summed E-state index contributed by atoms with van der Waals surface area (Å²) in [4.78, 5) is 2.25. The Balaban J connectivity index is 2.38. The van der Waals surface area contributed by atoms with Gasteiger partial charge in [-0.3, -0.25) is 0 Å². The van der Waals surface area contributed by atoms with Crippen molar-refractivity contribution in [3.8, 4) is 0 Å². The van der Waals surface area contributed by atoms with E-state index < -0.39 is 15.6 Å². The molecule has 0 amide bonds. The zero-order chi connectivity index (χ0) is 16.1. The van der Waals surface area contributed by atoms with Gasteiger partial charge in [0, 0.05) is 40.9 Å². The second-order valence-corrected chi connectivity index (χ2v) is 8.55. The number of ether oxygens (including phenoxy) is 1. The van der Waals surface area contributed by atoms with Crippen molar-refractivity contribution in [2.24, 2.45) is 5.92 Å². The average molecular weight is 322 g/mol. The van der Waals surface area contributed by atoms with E-state index in [-0.39, 0.29) is 11.7 Å². The molecule has 1 saturated heterocycles. The van der Waals surface area contributed by atoms with Gasteiger partial charge >= 0.3 is 0 Å². The molecular formula is C14H30N2O4S. The van der Waals surface area contributed by atoms with Crippen molar-refractivity contribution in [1.29, 1.82) is 0 Å². The fourth-order valence-corrected chi connectivity index (χ4v) is 3.61. The Kier molecular flexibility index (Phi) is 7.06. The predicted molar refractivity (Wildman–Crippen MR) is 83.8 cm³/mol. The number of likely N-dealkylation sites (tertiary alicyclic amines) is 1. The molecule has 6 nitrogen and oxygen atoms in total. The van der Waals surface area contributed by atoms with Gasteiger partial charge in [0.2, 0.25) is 10.0 Å². The third-order valence-electron chi connectivity index (χ3n) is 4.48. The third-order valence-corrected chi connectivity index (χ3v) is 6.40. The van der Waals surface area contributed by atoms with Crippen LogP contribution in [-0.2, 0) is 14.8 Å². The summed E-state index contributed by atoms with van der Waals surface area (Å²) >= 11 is 0. The molecule has 126 valence electrons. The van der Waals surface area contributed by atoms with Gasteiger partial charge < -0.3 is 14.7 Å². The number of hydrogen-bond acceptors (Lipinski definition) is 5. The Hall–Kier alpha value is -0.210. The normalized spacial score (nSPS) is 28.2. The second-order valence-electron chi connectivity index (χ2n) is 6.25. The van der Waals surface area contributed by atoms with Crippen molar-refractivity contribution < 1.29 is 18.3 Å². The van der Waals surface area contributed by atoms with Crippen molar-refractivity contribution in [2.45, 2.75) is 31.8 Å². The van der Waals surface area contributed by atoms with Crippen molar-refractivity contribution in [2.75, 3.05) is 53.2 Å². The van der Waals surface area contributed by atoms with E-state index in [1.165, 1.54) is 4.31 Å². The van der Waals surface area contributed by atoms with Crippen LogP contribution in [0.3, 0.4) is 0 Å².